The van der Waals surface area contributed by atoms with Gasteiger partial charge >= 0.3 is 0 Å². The van der Waals surface area contributed by atoms with E-state index < -0.39 is 0 Å². The Kier molecular flexibility index (Phi) is 4.46. The van der Waals surface area contributed by atoms with Crippen molar-refractivity contribution in [2.24, 2.45) is 0 Å². The van der Waals surface area contributed by atoms with Crippen LogP contribution in [0, 0.1) is 0 Å². The monoisotopic (exact) mass is 313 g/mol. The second-order valence-corrected chi connectivity index (χ2v) is 4.87. The van der Waals surface area contributed by atoms with Gasteiger partial charge in [-0.25, -0.2) is 9.97 Å². The SMILES string of the molecule is CCCn1cc(N)cc1C(=O)Nc1ncnc(Cl)c1Cl. The third kappa shape index (κ3) is 3.02. The number of halogens is 2. The number of carbonyl (C=O) groups is 1. The summed E-state index contributed by atoms with van der Waals surface area (Å²) in [4.78, 5) is 19.8. The van der Waals surface area contributed by atoms with Crippen LogP contribution in [0.1, 0.15) is 23.8 Å². The Labute approximate surface area is 125 Å². The van der Waals surface area contributed by atoms with Crippen LogP contribution in [0.3, 0.4) is 0 Å². The molecule has 0 aliphatic rings. The number of nitrogens with zero attached hydrogens (tertiary/aromatic N) is 3. The highest BCUT2D eigenvalue weighted by atomic mass is 35.5. The zero-order valence-corrected chi connectivity index (χ0v) is 12.2. The molecule has 0 saturated carbocycles. The van der Waals surface area contributed by atoms with Gasteiger partial charge in [-0.1, -0.05) is 30.1 Å². The minimum absolute atomic E-state index is 0.0837. The number of amides is 1. The molecule has 0 aliphatic heterocycles. The number of nitrogens with two attached hydrogens (primary N) is 1. The molecule has 6 nitrogen and oxygen atoms in total. The summed E-state index contributed by atoms with van der Waals surface area (Å²) in [5.74, 6) is -0.189. The number of aryl methyl sites for hydroxylation is 1. The summed E-state index contributed by atoms with van der Waals surface area (Å²) in [6, 6.07) is 1.60. The van der Waals surface area contributed by atoms with E-state index in [4.69, 9.17) is 28.9 Å². The fourth-order valence-electron chi connectivity index (χ4n) is 1.76. The second kappa shape index (κ2) is 6.11. The zero-order chi connectivity index (χ0) is 14.7. The molecular formula is C12H13Cl2N5O. The molecular weight excluding hydrogens is 301 g/mol. The van der Waals surface area contributed by atoms with Gasteiger partial charge in [0, 0.05) is 12.7 Å². The van der Waals surface area contributed by atoms with Crippen molar-refractivity contribution in [2.75, 3.05) is 11.1 Å². The van der Waals surface area contributed by atoms with Gasteiger partial charge in [-0.05, 0) is 12.5 Å². The molecule has 0 atom stereocenters. The molecule has 0 aromatic carbocycles. The predicted molar refractivity (Wildman–Crippen MR) is 79.1 cm³/mol. The van der Waals surface area contributed by atoms with Crippen molar-refractivity contribution in [1.29, 1.82) is 0 Å². The molecule has 0 saturated heterocycles. The number of aromatic nitrogens is 3. The van der Waals surface area contributed by atoms with Crippen molar-refractivity contribution < 1.29 is 4.79 Å². The fourth-order valence-corrected chi connectivity index (χ4v) is 2.03. The summed E-state index contributed by atoms with van der Waals surface area (Å²) in [5, 5.41) is 2.78. The Balaban J connectivity index is 2.26. The topological polar surface area (TPSA) is 85.8 Å². The van der Waals surface area contributed by atoms with Gasteiger partial charge in [-0.15, -0.1) is 0 Å². The number of carbonyl (C=O) groups excluding carboxylic acids is 1. The number of anilines is 2. The maximum Gasteiger partial charge on any atom is 0.273 e. The van der Waals surface area contributed by atoms with E-state index in [1.807, 2.05) is 6.92 Å². The quantitative estimate of drug-likeness (QED) is 0.850. The fraction of sp³-hybridized carbons (Fsp3) is 0.250. The van der Waals surface area contributed by atoms with Gasteiger partial charge in [0.1, 0.15) is 17.0 Å². The normalized spacial score (nSPS) is 10.6. The minimum atomic E-state index is -0.355. The van der Waals surface area contributed by atoms with Crippen LogP contribution in [0.15, 0.2) is 18.6 Å². The Morgan fingerprint density at radius 2 is 2.20 bits per heavy atom. The van der Waals surface area contributed by atoms with E-state index in [9.17, 15) is 4.79 Å². The van der Waals surface area contributed by atoms with Gasteiger partial charge in [-0.2, -0.15) is 0 Å². The van der Waals surface area contributed by atoms with Crippen LogP contribution >= 0.6 is 23.2 Å². The predicted octanol–water partition coefficient (Wildman–Crippen LogP) is 2.83. The zero-order valence-electron chi connectivity index (χ0n) is 10.7. The summed E-state index contributed by atoms with van der Waals surface area (Å²) in [6.45, 7) is 2.71. The van der Waals surface area contributed by atoms with E-state index in [1.54, 1.807) is 16.8 Å². The maximum atomic E-state index is 12.2. The van der Waals surface area contributed by atoms with E-state index in [-0.39, 0.29) is 21.9 Å². The number of hydrogen-bond acceptors (Lipinski definition) is 4. The lowest BCUT2D eigenvalue weighted by molar-refractivity contribution is 0.101. The highest BCUT2D eigenvalue weighted by molar-refractivity contribution is 6.43. The summed E-state index contributed by atoms with van der Waals surface area (Å²) in [5.41, 5.74) is 6.68. The van der Waals surface area contributed by atoms with Crippen LogP contribution < -0.4 is 11.1 Å². The summed E-state index contributed by atoms with van der Waals surface area (Å²) >= 11 is 11.7. The van der Waals surface area contributed by atoms with Crippen molar-refractivity contribution >= 4 is 40.6 Å². The molecule has 20 heavy (non-hydrogen) atoms. The van der Waals surface area contributed by atoms with Crippen LogP contribution in [0.2, 0.25) is 10.2 Å². The minimum Gasteiger partial charge on any atom is -0.397 e. The highest BCUT2D eigenvalue weighted by Gasteiger charge is 2.16. The van der Waals surface area contributed by atoms with Crippen LogP contribution in [-0.2, 0) is 6.54 Å². The van der Waals surface area contributed by atoms with E-state index >= 15 is 0 Å². The van der Waals surface area contributed by atoms with Gasteiger partial charge in [0.25, 0.3) is 5.91 Å². The molecule has 8 heteroatoms. The molecule has 0 radical (unpaired) electrons. The van der Waals surface area contributed by atoms with Crippen LogP contribution in [0.5, 0.6) is 0 Å². The summed E-state index contributed by atoms with van der Waals surface area (Å²) in [6.07, 6.45) is 3.82. The molecule has 106 valence electrons. The van der Waals surface area contributed by atoms with Crippen LogP contribution in [0.25, 0.3) is 0 Å². The van der Waals surface area contributed by atoms with E-state index in [0.29, 0.717) is 17.9 Å². The Bertz CT molecular complexity index is 641. The standard InChI is InChI=1S/C12H13Cl2N5O/c1-2-3-19-5-7(15)4-8(19)12(20)18-11-9(13)10(14)16-6-17-11/h4-6H,2-3,15H2,1H3,(H,16,17,18,20). The van der Waals surface area contributed by atoms with Gasteiger partial charge in [0.2, 0.25) is 0 Å². The average Bonchev–Trinajstić information content (AvgIpc) is 2.76. The molecule has 3 N–H and O–H groups in total. The van der Waals surface area contributed by atoms with Crippen molar-refractivity contribution in [1.82, 2.24) is 14.5 Å². The maximum absolute atomic E-state index is 12.2. The van der Waals surface area contributed by atoms with Gasteiger partial charge in [0.05, 0.1) is 5.69 Å². The lowest BCUT2D eigenvalue weighted by Crippen LogP contribution is -2.18. The van der Waals surface area contributed by atoms with Crippen molar-refractivity contribution in [3.8, 4) is 0 Å². The highest BCUT2D eigenvalue weighted by Crippen LogP contribution is 2.26. The second-order valence-electron chi connectivity index (χ2n) is 4.13. The molecule has 2 rings (SSSR count). The van der Waals surface area contributed by atoms with E-state index in [2.05, 4.69) is 15.3 Å². The summed E-state index contributed by atoms with van der Waals surface area (Å²) < 4.78 is 1.78. The Hall–Kier alpha value is -1.79. The van der Waals surface area contributed by atoms with Gasteiger partial charge < -0.3 is 15.6 Å². The molecule has 0 spiro atoms. The molecule has 0 fully saturated rings. The van der Waals surface area contributed by atoms with Crippen molar-refractivity contribution in [2.45, 2.75) is 19.9 Å². The molecule has 1 amide bonds. The molecule has 0 bridgehead atoms. The first kappa shape index (κ1) is 14.6. The van der Waals surface area contributed by atoms with E-state index in [1.165, 1.54) is 6.33 Å². The van der Waals surface area contributed by atoms with E-state index in [0.717, 1.165) is 6.42 Å². The Morgan fingerprint density at radius 1 is 1.45 bits per heavy atom. The smallest absolute Gasteiger partial charge is 0.273 e. The summed E-state index contributed by atoms with van der Waals surface area (Å²) in [7, 11) is 0. The number of rotatable bonds is 4. The molecule has 2 aromatic rings. The largest absolute Gasteiger partial charge is 0.397 e. The molecule has 0 unspecified atom stereocenters. The lowest BCUT2D eigenvalue weighted by Gasteiger charge is -2.09. The van der Waals surface area contributed by atoms with Gasteiger partial charge in [-0.3, -0.25) is 4.79 Å². The molecule has 2 heterocycles. The number of nitrogens with one attached hydrogen (secondary N) is 1. The average molecular weight is 314 g/mol. The van der Waals surface area contributed by atoms with Gasteiger partial charge in [0.15, 0.2) is 11.0 Å². The Morgan fingerprint density at radius 3 is 2.90 bits per heavy atom. The van der Waals surface area contributed by atoms with Crippen LogP contribution in [0.4, 0.5) is 11.5 Å². The van der Waals surface area contributed by atoms with Crippen molar-refractivity contribution in [3.63, 3.8) is 0 Å². The van der Waals surface area contributed by atoms with Crippen molar-refractivity contribution in [3.05, 3.63) is 34.5 Å². The lowest BCUT2D eigenvalue weighted by atomic mass is 10.3. The number of hydrogen-bond donors (Lipinski definition) is 2. The third-order valence-electron chi connectivity index (χ3n) is 2.59. The first-order valence-electron chi connectivity index (χ1n) is 5.96. The van der Waals surface area contributed by atoms with Crippen LogP contribution in [-0.4, -0.2) is 20.4 Å². The first-order valence-corrected chi connectivity index (χ1v) is 6.71. The molecule has 0 aliphatic carbocycles. The first-order chi connectivity index (χ1) is 9.52. The molecule has 2 aromatic heterocycles. The number of nitrogen functional groups attached to an aromatic ring is 1. The third-order valence-corrected chi connectivity index (χ3v) is 3.34.